The van der Waals surface area contributed by atoms with E-state index in [-0.39, 0.29) is 12.2 Å². The van der Waals surface area contributed by atoms with Crippen LogP contribution in [0.5, 0.6) is 23.0 Å². The lowest BCUT2D eigenvalue weighted by molar-refractivity contribution is 0.182. The summed E-state index contributed by atoms with van der Waals surface area (Å²) in [5.74, 6) is 4.12. The van der Waals surface area contributed by atoms with E-state index in [2.05, 4.69) is 152 Å². The van der Waals surface area contributed by atoms with Crippen LogP contribution >= 0.6 is 0 Å². The standard InChI is InChI=1S/C48H61NO3.C3H8.2C2H6/c1-7-11-13-17-40(9-3)50-42-24-20-36(21-25-42)38-30-39(37-22-26-43(27-23-37)51-41(10-4)18-14-12-8-2)32-45(31-38)52-44-28-29-46-35(6)34(5)16-15-19-48(49)47(46)33-44;1-3-2;2*1-2/h15-16,19-35,40-41H,7-14,17-18,49H2,1-6H3;3H2,1-2H3;2*1-2H3/b16-15-,48-19-;;;. The number of hydrogen-bond acceptors (Lipinski definition) is 4. The number of allylic oxidation sites excluding steroid dienone is 3. The van der Waals surface area contributed by atoms with Gasteiger partial charge in [-0.25, -0.2) is 0 Å². The molecule has 0 saturated heterocycles. The van der Waals surface area contributed by atoms with Crippen molar-refractivity contribution < 1.29 is 14.2 Å². The zero-order chi connectivity index (χ0) is 43.6. The van der Waals surface area contributed by atoms with E-state index < -0.39 is 0 Å². The number of unbranched alkanes of at least 4 members (excludes halogenated alkanes) is 4. The molecule has 0 bridgehead atoms. The topological polar surface area (TPSA) is 53.7 Å². The van der Waals surface area contributed by atoms with Crippen molar-refractivity contribution in [1.82, 2.24) is 0 Å². The molecule has 0 amide bonds. The van der Waals surface area contributed by atoms with Gasteiger partial charge in [0.25, 0.3) is 0 Å². The summed E-state index contributed by atoms with van der Waals surface area (Å²) >= 11 is 0. The summed E-state index contributed by atoms with van der Waals surface area (Å²) in [6, 6.07) is 29.9. The van der Waals surface area contributed by atoms with Crippen LogP contribution in [-0.4, -0.2) is 12.2 Å². The minimum absolute atomic E-state index is 0.244. The highest BCUT2D eigenvalue weighted by molar-refractivity contribution is 5.76. The highest BCUT2D eigenvalue weighted by Gasteiger charge is 2.20. The maximum atomic E-state index is 6.68. The zero-order valence-corrected chi connectivity index (χ0v) is 39.2. The molecule has 4 nitrogen and oxygen atoms in total. The number of fused-ring (bicyclic) bond motifs is 1. The second kappa shape index (κ2) is 28.9. The molecular weight excluding hydrogens is 723 g/mol. The number of hydrogen-bond donors (Lipinski definition) is 1. The maximum Gasteiger partial charge on any atom is 0.128 e. The summed E-state index contributed by atoms with van der Waals surface area (Å²) in [6.45, 7) is 25.7. The van der Waals surface area contributed by atoms with E-state index in [9.17, 15) is 0 Å². The van der Waals surface area contributed by atoms with Gasteiger partial charge >= 0.3 is 0 Å². The van der Waals surface area contributed by atoms with E-state index in [1.54, 1.807) is 0 Å². The minimum Gasteiger partial charge on any atom is -0.490 e. The summed E-state index contributed by atoms with van der Waals surface area (Å²) < 4.78 is 19.5. The number of rotatable bonds is 18. The van der Waals surface area contributed by atoms with Crippen molar-refractivity contribution in [2.45, 2.75) is 172 Å². The van der Waals surface area contributed by atoms with Crippen LogP contribution in [0.3, 0.4) is 0 Å². The molecule has 0 aromatic heterocycles. The Bertz CT molecular complexity index is 1690. The molecular formula is C55H81NO3. The van der Waals surface area contributed by atoms with Crippen molar-refractivity contribution >= 4 is 5.70 Å². The average Bonchev–Trinajstić information content (AvgIpc) is 3.27. The fourth-order valence-corrected chi connectivity index (χ4v) is 7.02. The van der Waals surface area contributed by atoms with E-state index in [0.717, 1.165) is 82.2 Å². The first-order valence-corrected chi connectivity index (χ1v) is 23.4. The van der Waals surface area contributed by atoms with Gasteiger partial charge in [-0.05, 0) is 139 Å². The Labute approximate surface area is 361 Å². The summed E-state index contributed by atoms with van der Waals surface area (Å²) in [5.41, 5.74) is 14.0. The SMILES string of the molecule is CC.CC.CCC.CCCCCC(CC)Oc1ccc(-c2cc(Oc3ccc4c(c3)/C(N)=C/C=C\C(C)C4C)cc(-c3ccc(OC(CC)CCCCC)cc3)c2)cc1. The molecule has 0 heterocycles. The molecule has 4 heteroatoms. The highest BCUT2D eigenvalue weighted by Crippen LogP contribution is 2.38. The largest absolute Gasteiger partial charge is 0.490 e. The van der Waals surface area contributed by atoms with Crippen LogP contribution in [0, 0.1) is 5.92 Å². The molecule has 4 aromatic rings. The Morgan fingerprint density at radius 2 is 1.00 bits per heavy atom. The Kier molecular flexibility index (Phi) is 24.8. The van der Waals surface area contributed by atoms with Gasteiger partial charge in [0, 0.05) is 11.3 Å². The van der Waals surface area contributed by atoms with Crippen LogP contribution < -0.4 is 19.9 Å². The predicted molar refractivity (Wildman–Crippen MR) is 259 cm³/mol. The van der Waals surface area contributed by atoms with Gasteiger partial charge in [0.1, 0.15) is 23.0 Å². The molecule has 1 aliphatic carbocycles. The first-order valence-electron chi connectivity index (χ1n) is 23.4. The third kappa shape index (κ3) is 16.6. The third-order valence-corrected chi connectivity index (χ3v) is 10.6. The molecule has 0 saturated carbocycles. The molecule has 0 spiro atoms. The summed E-state index contributed by atoms with van der Waals surface area (Å²) in [6.07, 6.45) is 19.6. The molecule has 4 unspecified atom stereocenters. The lowest BCUT2D eigenvalue weighted by Gasteiger charge is -2.23. The lowest BCUT2D eigenvalue weighted by atomic mass is 9.83. The average molecular weight is 804 g/mol. The van der Waals surface area contributed by atoms with Crippen molar-refractivity contribution in [2.24, 2.45) is 11.7 Å². The van der Waals surface area contributed by atoms with Crippen molar-refractivity contribution in [3.05, 3.63) is 114 Å². The summed E-state index contributed by atoms with van der Waals surface area (Å²) in [5, 5.41) is 0. The molecule has 4 atom stereocenters. The zero-order valence-electron chi connectivity index (χ0n) is 39.2. The van der Waals surface area contributed by atoms with Crippen LogP contribution in [0.1, 0.15) is 171 Å². The normalized spacial score (nSPS) is 16.6. The van der Waals surface area contributed by atoms with Gasteiger partial charge in [-0.2, -0.15) is 0 Å². The smallest absolute Gasteiger partial charge is 0.128 e. The monoisotopic (exact) mass is 804 g/mol. The van der Waals surface area contributed by atoms with E-state index in [4.69, 9.17) is 19.9 Å². The van der Waals surface area contributed by atoms with Crippen molar-refractivity contribution in [1.29, 1.82) is 0 Å². The Morgan fingerprint density at radius 1 is 0.542 bits per heavy atom. The summed E-state index contributed by atoms with van der Waals surface area (Å²) in [7, 11) is 0. The van der Waals surface area contributed by atoms with Crippen LogP contribution in [0.4, 0.5) is 0 Å². The predicted octanol–water partition coefficient (Wildman–Crippen LogP) is 17.4. The molecule has 0 aliphatic heterocycles. The lowest BCUT2D eigenvalue weighted by Crippen LogP contribution is -2.15. The van der Waals surface area contributed by atoms with Crippen LogP contribution in [0.25, 0.3) is 28.0 Å². The van der Waals surface area contributed by atoms with E-state index in [1.165, 1.54) is 50.5 Å². The van der Waals surface area contributed by atoms with Gasteiger partial charge in [-0.3, -0.25) is 0 Å². The highest BCUT2D eigenvalue weighted by atomic mass is 16.5. The minimum atomic E-state index is 0.244. The van der Waals surface area contributed by atoms with Gasteiger partial charge < -0.3 is 19.9 Å². The molecule has 59 heavy (non-hydrogen) atoms. The Balaban J connectivity index is 0.00000161. The van der Waals surface area contributed by atoms with Gasteiger partial charge in [-0.1, -0.05) is 158 Å². The van der Waals surface area contributed by atoms with Crippen LogP contribution in [0.2, 0.25) is 0 Å². The van der Waals surface area contributed by atoms with Crippen molar-refractivity contribution in [2.75, 3.05) is 0 Å². The molecule has 2 N–H and O–H groups in total. The molecule has 324 valence electrons. The first kappa shape index (κ1) is 50.7. The number of ether oxygens (including phenoxy) is 3. The van der Waals surface area contributed by atoms with Gasteiger partial charge in [-0.15, -0.1) is 0 Å². The Morgan fingerprint density at radius 3 is 1.44 bits per heavy atom. The maximum absolute atomic E-state index is 6.68. The van der Waals surface area contributed by atoms with Gasteiger partial charge in [0.15, 0.2) is 0 Å². The van der Waals surface area contributed by atoms with Crippen LogP contribution in [0.15, 0.2) is 103 Å². The fourth-order valence-electron chi connectivity index (χ4n) is 7.02. The number of benzene rings is 4. The number of nitrogens with two attached hydrogens (primary N) is 1. The van der Waals surface area contributed by atoms with Crippen molar-refractivity contribution in [3.63, 3.8) is 0 Å². The molecule has 0 fully saturated rings. The Hall–Kier alpha value is -4.44. The fraction of sp³-hybridized carbons (Fsp3) is 0.491. The van der Waals surface area contributed by atoms with Crippen LogP contribution in [-0.2, 0) is 0 Å². The quantitative estimate of drug-likeness (QED) is 0.102. The van der Waals surface area contributed by atoms with Gasteiger partial charge in [0.05, 0.1) is 12.2 Å². The van der Waals surface area contributed by atoms with Gasteiger partial charge in [0.2, 0.25) is 0 Å². The van der Waals surface area contributed by atoms with Crippen molar-refractivity contribution in [3.8, 4) is 45.3 Å². The van der Waals surface area contributed by atoms with E-state index in [0.29, 0.717) is 11.8 Å². The molecule has 1 aliphatic rings. The summed E-state index contributed by atoms with van der Waals surface area (Å²) in [4.78, 5) is 0. The molecule has 0 radical (unpaired) electrons. The first-order chi connectivity index (χ1) is 28.7. The third-order valence-electron chi connectivity index (χ3n) is 10.6. The second-order valence-corrected chi connectivity index (χ2v) is 15.3. The van der Waals surface area contributed by atoms with E-state index >= 15 is 0 Å². The van der Waals surface area contributed by atoms with E-state index in [1.807, 2.05) is 33.8 Å². The molecule has 4 aromatic carbocycles. The second-order valence-electron chi connectivity index (χ2n) is 15.3. The molecule has 5 rings (SSSR count).